The average molecular weight is 535 g/mol. The van der Waals surface area contributed by atoms with Crippen LogP contribution in [0.25, 0.3) is 0 Å². The van der Waals surface area contributed by atoms with E-state index in [2.05, 4.69) is 16.0 Å². The first-order valence-corrected chi connectivity index (χ1v) is 11.2. The number of hydrogen-bond donors (Lipinski definition) is 10. The highest BCUT2D eigenvalue weighted by Gasteiger charge is 2.25. The molecule has 0 bridgehead atoms. The number of carboxylic acid groups (broad SMARTS) is 3. The molecule has 0 heterocycles. The van der Waals surface area contributed by atoms with Gasteiger partial charge in [0.15, 0.2) is 0 Å². The van der Waals surface area contributed by atoms with Crippen molar-refractivity contribution in [3.05, 3.63) is 0 Å². The quantitative estimate of drug-likeness (QED) is 0.0528. The molecule has 17 heteroatoms. The smallest absolute Gasteiger partial charge is 0.326 e. The van der Waals surface area contributed by atoms with Crippen LogP contribution in [0.3, 0.4) is 0 Å². The van der Waals surface area contributed by atoms with E-state index in [1.54, 1.807) is 0 Å². The van der Waals surface area contributed by atoms with E-state index in [0.717, 1.165) is 0 Å². The third-order valence-corrected chi connectivity index (χ3v) is 5.07. The number of aliphatic carboxylic acids is 3. The van der Waals surface area contributed by atoms with E-state index < -0.39 is 78.7 Å². The minimum atomic E-state index is -1.48. The van der Waals surface area contributed by atoms with Crippen LogP contribution in [0.4, 0.5) is 0 Å². The van der Waals surface area contributed by atoms with Crippen LogP contribution in [0.15, 0.2) is 0 Å². The van der Waals surface area contributed by atoms with Crippen molar-refractivity contribution in [3.8, 4) is 0 Å². The zero-order chi connectivity index (χ0) is 28.5. The van der Waals surface area contributed by atoms with Crippen molar-refractivity contribution >= 4 is 41.5 Å². The second-order valence-corrected chi connectivity index (χ2v) is 8.04. The fourth-order valence-electron chi connectivity index (χ4n) is 2.98. The van der Waals surface area contributed by atoms with E-state index in [0.29, 0.717) is 0 Å². The summed E-state index contributed by atoms with van der Waals surface area (Å²) >= 11 is 0. The first-order chi connectivity index (χ1) is 17.3. The van der Waals surface area contributed by atoms with Gasteiger partial charge in [-0.25, -0.2) is 15.0 Å². The van der Waals surface area contributed by atoms with Gasteiger partial charge in [0.2, 0.25) is 23.6 Å². The lowest BCUT2D eigenvalue weighted by Crippen LogP contribution is -2.45. The largest absolute Gasteiger partial charge is 0.480 e. The van der Waals surface area contributed by atoms with Gasteiger partial charge in [-0.1, -0.05) is 0 Å². The molecule has 0 spiro atoms. The zero-order valence-corrected chi connectivity index (χ0v) is 20.0. The number of amides is 4. The van der Waals surface area contributed by atoms with E-state index in [-0.39, 0.29) is 44.9 Å². The highest BCUT2D eigenvalue weighted by molar-refractivity contribution is 5.86. The molecule has 210 valence electrons. The van der Waals surface area contributed by atoms with Crippen LogP contribution in [0.1, 0.15) is 51.4 Å². The number of carbonyl (C=O) groups excluding carboxylic acids is 4. The molecule has 4 unspecified atom stereocenters. The minimum Gasteiger partial charge on any atom is -0.480 e. The van der Waals surface area contributed by atoms with Crippen molar-refractivity contribution in [1.29, 1.82) is 0 Å². The lowest BCUT2D eigenvalue weighted by atomic mass is 10.1. The lowest BCUT2D eigenvalue weighted by Gasteiger charge is -2.19. The Kier molecular flexibility index (Phi) is 15.8. The van der Waals surface area contributed by atoms with Crippen LogP contribution < -0.4 is 33.0 Å². The molecule has 0 saturated carbocycles. The van der Waals surface area contributed by atoms with E-state index in [9.17, 15) is 43.8 Å². The lowest BCUT2D eigenvalue weighted by molar-refractivity contribution is -0.143. The number of aliphatic hydroxyl groups excluding tert-OH is 1. The number of carbonyl (C=O) groups is 7. The number of primary amides is 1. The standard InChI is InChI=1S/C20H34N6O11/c21-14(28)5-2-11(18(32)33)24-17(31)7-3-12(19(34)35)25-16(30)6-1-10(9-27)23-15(29)8-4-13(26-22)20(36)37/h10-13,26-27H,1-9,22H2,(H2,21,28)(H,23,29)(H,24,31)(H,25,30)(H,32,33)(H,34,35)(H,36,37). The molecule has 0 saturated heterocycles. The molecular formula is C20H34N6O11. The monoisotopic (exact) mass is 534 g/mol. The summed E-state index contributed by atoms with van der Waals surface area (Å²) in [5, 5.41) is 43.5. The molecule has 4 atom stereocenters. The Morgan fingerprint density at radius 3 is 1.35 bits per heavy atom. The van der Waals surface area contributed by atoms with E-state index in [4.69, 9.17) is 21.8 Å². The van der Waals surface area contributed by atoms with Gasteiger partial charge < -0.3 is 42.1 Å². The Morgan fingerprint density at radius 2 is 0.973 bits per heavy atom. The van der Waals surface area contributed by atoms with Crippen LogP contribution >= 0.6 is 0 Å². The number of nitrogens with one attached hydrogen (secondary N) is 4. The number of aliphatic hydroxyl groups is 1. The van der Waals surface area contributed by atoms with Gasteiger partial charge >= 0.3 is 17.9 Å². The number of nitrogens with two attached hydrogens (primary N) is 2. The van der Waals surface area contributed by atoms with Crippen LogP contribution in [0.2, 0.25) is 0 Å². The van der Waals surface area contributed by atoms with Gasteiger partial charge in [-0.05, 0) is 25.7 Å². The Morgan fingerprint density at radius 1 is 0.595 bits per heavy atom. The SMILES string of the molecule is NNC(CCC(=O)NC(CO)CCC(=O)NC(CCC(=O)NC(CCC(N)=O)C(=O)O)C(=O)O)C(=O)O. The molecule has 37 heavy (non-hydrogen) atoms. The van der Waals surface area contributed by atoms with E-state index >= 15 is 0 Å². The van der Waals surface area contributed by atoms with Gasteiger partial charge in [-0.2, -0.15) is 0 Å². The summed E-state index contributed by atoms with van der Waals surface area (Å²) in [6.07, 6.45) is -2.05. The summed E-state index contributed by atoms with van der Waals surface area (Å²) in [5.74, 6) is -1.93. The Labute approximate surface area is 211 Å². The van der Waals surface area contributed by atoms with Crippen molar-refractivity contribution < 1.29 is 54.0 Å². The Hall–Kier alpha value is -3.83. The average Bonchev–Trinajstić information content (AvgIpc) is 2.81. The third kappa shape index (κ3) is 15.0. The van der Waals surface area contributed by atoms with Gasteiger partial charge in [0.25, 0.3) is 0 Å². The Balaban J connectivity index is 4.66. The summed E-state index contributed by atoms with van der Waals surface area (Å²) in [7, 11) is 0. The van der Waals surface area contributed by atoms with Crippen molar-refractivity contribution in [2.75, 3.05) is 6.61 Å². The molecule has 0 aromatic rings. The van der Waals surface area contributed by atoms with Crippen LogP contribution in [-0.2, 0) is 33.6 Å². The summed E-state index contributed by atoms with van der Waals surface area (Å²) < 4.78 is 0. The minimum absolute atomic E-state index is 0.0709. The topological polar surface area (TPSA) is 301 Å². The molecule has 0 aliphatic rings. The summed E-state index contributed by atoms with van der Waals surface area (Å²) in [6, 6.07) is -4.89. The van der Waals surface area contributed by atoms with Crippen molar-refractivity contribution in [3.63, 3.8) is 0 Å². The molecule has 0 aliphatic heterocycles. The molecule has 4 amide bonds. The molecule has 0 radical (unpaired) electrons. The normalized spacial score (nSPS) is 13.9. The van der Waals surface area contributed by atoms with Gasteiger partial charge in [0.1, 0.15) is 18.1 Å². The van der Waals surface area contributed by atoms with E-state index in [1.807, 2.05) is 5.43 Å². The Bertz CT molecular complexity index is 838. The second kappa shape index (κ2) is 17.6. The van der Waals surface area contributed by atoms with Crippen molar-refractivity contribution in [1.82, 2.24) is 21.4 Å². The predicted octanol–water partition coefficient (Wildman–Crippen LogP) is -3.88. The van der Waals surface area contributed by atoms with Gasteiger partial charge in [-0.15, -0.1) is 0 Å². The molecule has 0 aliphatic carbocycles. The maximum atomic E-state index is 12.2. The molecular weight excluding hydrogens is 500 g/mol. The fraction of sp³-hybridized carbons (Fsp3) is 0.650. The second-order valence-electron chi connectivity index (χ2n) is 8.04. The molecule has 0 aromatic heterocycles. The van der Waals surface area contributed by atoms with Gasteiger partial charge in [0.05, 0.1) is 12.6 Å². The number of carboxylic acids is 3. The zero-order valence-electron chi connectivity index (χ0n) is 20.0. The maximum Gasteiger partial charge on any atom is 0.326 e. The number of rotatable bonds is 20. The molecule has 0 aromatic carbocycles. The van der Waals surface area contributed by atoms with Crippen LogP contribution in [0.5, 0.6) is 0 Å². The third-order valence-electron chi connectivity index (χ3n) is 5.07. The summed E-state index contributed by atoms with van der Waals surface area (Å²) in [5.41, 5.74) is 6.99. The van der Waals surface area contributed by atoms with Crippen molar-refractivity contribution in [2.45, 2.75) is 75.5 Å². The summed E-state index contributed by atoms with van der Waals surface area (Å²) in [6.45, 7) is -0.542. The molecule has 0 fully saturated rings. The van der Waals surface area contributed by atoms with Crippen LogP contribution in [0, 0.1) is 0 Å². The van der Waals surface area contributed by atoms with Gasteiger partial charge in [0, 0.05) is 25.7 Å². The number of hydrazine groups is 1. The number of hydrogen-bond acceptors (Lipinski definition) is 10. The molecule has 17 nitrogen and oxygen atoms in total. The fourth-order valence-corrected chi connectivity index (χ4v) is 2.98. The highest BCUT2D eigenvalue weighted by Crippen LogP contribution is 2.05. The predicted molar refractivity (Wildman–Crippen MR) is 123 cm³/mol. The molecule has 12 N–H and O–H groups in total. The highest BCUT2D eigenvalue weighted by atomic mass is 16.4. The maximum absolute atomic E-state index is 12.2. The molecule has 0 rings (SSSR count). The van der Waals surface area contributed by atoms with Crippen molar-refractivity contribution in [2.24, 2.45) is 11.6 Å². The van der Waals surface area contributed by atoms with E-state index in [1.165, 1.54) is 0 Å². The van der Waals surface area contributed by atoms with Crippen LogP contribution in [-0.4, -0.2) is 92.7 Å². The summed E-state index contributed by atoms with van der Waals surface area (Å²) in [4.78, 5) is 80.5. The first kappa shape index (κ1) is 33.2. The first-order valence-electron chi connectivity index (χ1n) is 11.2. The van der Waals surface area contributed by atoms with Gasteiger partial charge in [-0.3, -0.25) is 29.8 Å².